The monoisotopic (exact) mass is 319 g/mol. The summed E-state index contributed by atoms with van der Waals surface area (Å²) in [6.07, 6.45) is 0.0306. The number of benzene rings is 2. The van der Waals surface area contributed by atoms with E-state index in [0.717, 1.165) is 18.2 Å². The Balaban J connectivity index is 2.18. The number of ether oxygens (including phenoxy) is 2. The van der Waals surface area contributed by atoms with Gasteiger partial charge in [-0.25, -0.2) is 8.78 Å². The SMILES string of the molecule is COc1cc2c(cc1OC)[C@H](c1cc(F)ccc1F)CC(=O)N2. The van der Waals surface area contributed by atoms with E-state index in [4.69, 9.17) is 9.47 Å². The van der Waals surface area contributed by atoms with Gasteiger partial charge in [0.05, 0.1) is 14.2 Å². The third-order valence-corrected chi connectivity index (χ3v) is 3.93. The molecule has 120 valence electrons. The lowest BCUT2D eigenvalue weighted by Crippen LogP contribution is -2.24. The standard InChI is InChI=1S/C17H15F2NO3/c1-22-15-6-12-10(11-5-9(18)3-4-13(11)19)7-17(21)20-14(12)8-16(15)23-2/h3-6,8,10H,7H2,1-2H3,(H,20,21)/t10-/m0/s1. The molecule has 4 nitrogen and oxygen atoms in total. The first kappa shape index (κ1) is 15.3. The zero-order valence-corrected chi connectivity index (χ0v) is 12.7. The van der Waals surface area contributed by atoms with Crippen molar-refractivity contribution in [2.75, 3.05) is 19.5 Å². The van der Waals surface area contributed by atoms with E-state index in [1.165, 1.54) is 14.2 Å². The minimum Gasteiger partial charge on any atom is -0.493 e. The summed E-state index contributed by atoms with van der Waals surface area (Å²) in [5, 5.41) is 2.73. The molecule has 6 heteroatoms. The second kappa shape index (κ2) is 5.87. The minimum absolute atomic E-state index is 0.0306. The molecule has 0 saturated heterocycles. The molecule has 0 aromatic heterocycles. The fourth-order valence-electron chi connectivity index (χ4n) is 2.85. The summed E-state index contributed by atoms with van der Waals surface area (Å²) in [5.74, 6) is -1.04. The van der Waals surface area contributed by atoms with Crippen molar-refractivity contribution in [3.05, 3.63) is 53.1 Å². The topological polar surface area (TPSA) is 47.6 Å². The second-order valence-electron chi connectivity index (χ2n) is 5.27. The molecule has 1 aliphatic rings. The Kier molecular flexibility index (Phi) is 3.90. The van der Waals surface area contributed by atoms with E-state index in [2.05, 4.69) is 5.32 Å². The molecule has 0 aliphatic carbocycles. The summed E-state index contributed by atoms with van der Waals surface area (Å²) >= 11 is 0. The molecule has 0 unspecified atom stereocenters. The van der Waals surface area contributed by atoms with Crippen molar-refractivity contribution in [2.45, 2.75) is 12.3 Å². The number of carbonyl (C=O) groups is 1. The largest absolute Gasteiger partial charge is 0.493 e. The van der Waals surface area contributed by atoms with Gasteiger partial charge in [0.1, 0.15) is 11.6 Å². The number of hydrogen-bond donors (Lipinski definition) is 1. The number of methoxy groups -OCH3 is 2. The van der Waals surface area contributed by atoms with Crippen LogP contribution < -0.4 is 14.8 Å². The fraction of sp³-hybridized carbons (Fsp3) is 0.235. The number of carbonyl (C=O) groups excluding carboxylic acids is 1. The number of anilines is 1. The van der Waals surface area contributed by atoms with Gasteiger partial charge in [-0.1, -0.05) is 0 Å². The van der Waals surface area contributed by atoms with Crippen LogP contribution in [0.15, 0.2) is 30.3 Å². The zero-order valence-electron chi connectivity index (χ0n) is 12.7. The number of amides is 1. The van der Waals surface area contributed by atoms with Gasteiger partial charge in [-0.3, -0.25) is 4.79 Å². The first-order chi connectivity index (χ1) is 11.0. The van der Waals surface area contributed by atoms with Crippen molar-refractivity contribution < 1.29 is 23.0 Å². The van der Waals surface area contributed by atoms with Gasteiger partial charge in [-0.15, -0.1) is 0 Å². The molecule has 3 rings (SSSR count). The maximum atomic E-state index is 14.1. The normalized spacial score (nSPS) is 16.5. The quantitative estimate of drug-likeness (QED) is 0.942. The van der Waals surface area contributed by atoms with Crippen LogP contribution in [0.1, 0.15) is 23.5 Å². The summed E-state index contributed by atoms with van der Waals surface area (Å²) in [6, 6.07) is 6.55. The van der Waals surface area contributed by atoms with Crippen molar-refractivity contribution in [3.8, 4) is 11.5 Å². The molecule has 0 bridgehead atoms. The average Bonchev–Trinajstić information content (AvgIpc) is 2.55. The molecule has 2 aromatic carbocycles. The molecule has 1 heterocycles. The highest BCUT2D eigenvalue weighted by Gasteiger charge is 2.30. The molecular weight excluding hydrogens is 304 g/mol. The number of rotatable bonds is 3. The number of halogens is 2. The van der Waals surface area contributed by atoms with Crippen LogP contribution in [-0.2, 0) is 4.79 Å². The highest BCUT2D eigenvalue weighted by Crippen LogP contribution is 2.43. The van der Waals surface area contributed by atoms with Gasteiger partial charge in [0.15, 0.2) is 11.5 Å². The van der Waals surface area contributed by atoms with Crippen LogP contribution in [-0.4, -0.2) is 20.1 Å². The number of nitrogens with one attached hydrogen (secondary N) is 1. The van der Waals surface area contributed by atoms with Gasteiger partial charge in [0.2, 0.25) is 5.91 Å². The van der Waals surface area contributed by atoms with Gasteiger partial charge >= 0.3 is 0 Å². The van der Waals surface area contributed by atoms with Gasteiger partial charge in [-0.2, -0.15) is 0 Å². The Morgan fingerprint density at radius 3 is 2.43 bits per heavy atom. The Morgan fingerprint density at radius 1 is 1.04 bits per heavy atom. The molecule has 0 spiro atoms. The van der Waals surface area contributed by atoms with Crippen LogP contribution in [0.25, 0.3) is 0 Å². The lowest BCUT2D eigenvalue weighted by Gasteiger charge is -2.27. The highest BCUT2D eigenvalue weighted by molar-refractivity contribution is 5.96. The van der Waals surface area contributed by atoms with E-state index in [1.54, 1.807) is 12.1 Å². The molecule has 0 saturated carbocycles. The zero-order chi connectivity index (χ0) is 16.6. The van der Waals surface area contributed by atoms with Crippen LogP contribution in [0.2, 0.25) is 0 Å². The molecular formula is C17H15F2NO3. The van der Waals surface area contributed by atoms with Crippen molar-refractivity contribution in [2.24, 2.45) is 0 Å². The smallest absolute Gasteiger partial charge is 0.225 e. The van der Waals surface area contributed by atoms with E-state index in [9.17, 15) is 13.6 Å². The van der Waals surface area contributed by atoms with Crippen LogP contribution in [0.5, 0.6) is 11.5 Å². The highest BCUT2D eigenvalue weighted by atomic mass is 19.1. The van der Waals surface area contributed by atoms with Crippen molar-refractivity contribution in [1.82, 2.24) is 0 Å². The summed E-state index contributed by atoms with van der Waals surface area (Å²) in [4.78, 5) is 12.0. The summed E-state index contributed by atoms with van der Waals surface area (Å²) in [6.45, 7) is 0. The van der Waals surface area contributed by atoms with Crippen LogP contribution in [0.4, 0.5) is 14.5 Å². The molecule has 23 heavy (non-hydrogen) atoms. The lowest BCUT2D eigenvalue weighted by atomic mass is 9.84. The predicted molar refractivity (Wildman–Crippen MR) is 81.0 cm³/mol. The Morgan fingerprint density at radius 2 is 1.74 bits per heavy atom. The van der Waals surface area contributed by atoms with Crippen molar-refractivity contribution in [1.29, 1.82) is 0 Å². The van der Waals surface area contributed by atoms with Crippen LogP contribution >= 0.6 is 0 Å². The third-order valence-electron chi connectivity index (χ3n) is 3.93. The molecule has 1 amide bonds. The summed E-state index contributed by atoms with van der Waals surface area (Å²) in [5.41, 5.74) is 1.31. The maximum Gasteiger partial charge on any atom is 0.225 e. The molecule has 0 fully saturated rings. The molecule has 0 radical (unpaired) electrons. The predicted octanol–water partition coefficient (Wildman–Crippen LogP) is 3.46. The first-order valence-electron chi connectivity index (χ1n) is 7.04. The van der Waals surface area contributed by atoms with Gasteiger partial charge in [0, 0.05) is 24.1 Å². The molecule has 1 N–H and O–H groups in total. The van der Waals surface area contributed by atoms with Crippen molar-refractivity contribution in [3.63, 3.8) is 0 Å². The van der Waals surface area contributed by atoms with E-state index in [0.29, 0.717) is 22.7 Å². The lowest BCUT2D eigenvalue weighted by molar-refractivity contribution is -0.116. The van der Waals surface area contributed by atoms with E-state index < -0.39 is 17.6 Å². The van der Waals surface area contributed by atoms with E-state index >= 15 is 0 Å². The van der Waals surface area contributed by atoms with Gasteiger partial charge in [-0.05, 0) is 35.4 Å². The maximum absolute atomic E-state index is 14.1. The molecule has 1 aliphatic heterocycles. The fourth-order valence-corrected chi connectivity index (χ4v) is 2.85. The van der Waals surface area contributed by atoms with Crippen molar-refractivity contribution >= 4 is 11.6 Å². The summed E-state index contributed by atoms with van der Waals surface area (Å²) in [7, 11) is 2.97. The van der Waals surface area contributed by atoms with Gasteiger partial charge in [0.25, 0.3) is 0 Å². The third kappa shape index (κ3) is 2.72. The summed E-state index contributed by atoms with van der Waals surface area (Å²) < 4.78 is 38.1. The Bertz CT molecular complexity index is 777. The number of fused-ring (bicyclic) bond motifs is 1. The van der Waals surface area contributed by atoms with E-state index in [1.807, 2.05) is 0 Å². The molecule has 1 atom stereocenters. The van der Waals surface area contributed by atoms with Gasteiger partial charge < -0.3 is 14.8 Å². The Hall–Kier alpha value is -2.63. The molecule has 2 aromatic rings. The minimum atomic E-state index is -0.589. The van der Waals surface area contributed by atoms with Crippen LogP contribution in [0, 0.1) is 11.6 Å². The van der Waals surface area contributed by atoms with E-state index in [-0.39, 0.29) is 17.9 Å². The van der Waals surface area contributed by atoms with Crippen LogP contribution in [0.3, 0.4) is 0 Å². The number of hydrogen-bond acceptors (Lipinski definition) is 3. The second-order valence-corrected chi connectivity index (χ2v) is 5.27. The average molecular weight is 319 g/mol. The first-order valence-corrected chi connectivity index (χ1v) is 7.04. The Labute approximate surface area is 132 Å².